The molecule has 2 heterocycles. The number of phenolic OH excluding ortho intramolecular Hbond substituents is 1. The maximum Gasteiger partial charge on any atom is 0.255 e. The van der Waals surface area contributed by atoms with E-state index in [0.29, 0.717) is 36.0 Å². The highest BCUT2D eigenvalue weighted by Crippen LogP contribution is 2.38. The Kier molecular flexibility index (Phi) is 4.92. The lowest BCUT2D eigenvalue weighted by Crippen LogP contribution is -2.32. The highest BCUT2D eigenvalue weighted by atomic mass is 35.5. The van der Waals surface area contributed by atoms with Crippen LogP contribution in [-0.4, -0.2) is 34.0 Å². The van der Waals surface area contributed by atoms with E-state index in [-0.39, 0.29) is 11.7 Å². The number of carbonyl (C=O) groups is 1. The van der Waals surface area contributed by atoms with Crippen molar-refractivity contribution in [1.82, 2.24) is 9.88 Å². The second kappa shape index (κ2) is 7.52. The van der Waals surface area contributed by atoms with Crippen LogP contribution < -0.4 is 4.74 Å². The van der Waals surface area contributed by atoms with Crippen molar-refractivity contribution in [2.24, 2.45) is 0 Å². The highest BCUT2D eigenvalue weighted by molar-refractivity contribution is 6.30. The first-order valence-corrected chi connectivity index (χ1v) is 9.35. The Balaban J connectivity index is 1.68. The SMILES string of the molecule is Cc1ccc(C(=O)N2CCOc3c(O)cc(-c4cccc(Cl)c4)cc3C2)cn1. The van der Waals surface area contributed by atoms with Crippen molar-refractivity contribution >= 4 is 17.5 Å². The molecule has 0 aliphatic carbocycles. The summed E-state index contributed by atoms with van der Waals surface area (Å²) in [6, 6.07) is 14.6. The smallest absolute Gasteiger partial charge is 0.255 e. The maximum absolute atomic E-state index is 12.9. The van der Waals surface area contributed by atoms with E-state index in [9.17, 15) is 9.90 Å². The van der Waals surface area contributed by atoms with Gasteiger partial charge in [-0.15, -0.1) is 0 Å². The Bertz CT molecular complexity index is 1030. The fourth-order valence-electron chi connectivity index (χ4n) is 3.28. The Morgan fingerprint density at radius 3 is 2.79 bits per heavy atom. The number of hydrogen-bond donors (Lipinski definition) is 1. The Hall–Kier alpha value is -3.05. The molecule has 0 saturated heterocycles. The number of benzene rings is 2. The van der Waals surface area contributed by atoms with Gasteiger partial charge in [0.15, 0.2) is 11.5 Å². The molecule has 1 aliphatic rings. The maximum atomic E-state index is 12.9. The van der Waals surface area contributed by atoms with E-state index in [4.69, 9.17) is 16.3 Å². The average Bonchev–Trinajstić information content (AvgIpc) is 2.91. The van der Waals surface area contributed by atoms with Gasteiger partial charge >= 0.3 is 0 Å². The van der Waals surface area contributed by atoms with E-state index < -0.39 is 0 Å². The van der Waals surface area contributed by atoms with E-state index in [1.165, 1.54) is 0 Å². The molecule has 0 unspecified atom stereocenters. The Morgan fingerprint density at radius 1 is 1.18 bits per heavy atom. The minimum atomic E-state index is -0.114. The third-order valence-corrected chi connectivity index (χ3v) is 4.95. The van der Waals surface area contributed by atoms with Crippen molar-refractivity contribution < 1.29 is 14.6 Å². The largest absolute Gasteiger partial charge is 0.504 e. The summed E-state index contributed by atoms with van der Waals surface area (Å²) in [5.41, 5.74) is 3.84. The summed E-state index contributed by atoms with van der Waals surface area (Å²) in [5, 5.41) is 11.1. The van der Waals surface area contributed by atoms with Crippen LogP contribution in [0.3, 0.4) is 0 Å². The number of ether oxygens (including phenoxy) is 1. The van der Waals surface area contributed by atoms with Crippen molar-refractivity contribution in [3.63, 3.8) is 0 Å². The zero-order valence-corrected chi connectivity index (χ0v) is 16.1. The van der Waals surface area contributed by atoms with E-state index in [0.717, 1.165) is 22.4 Å². The number of pyridine rings is 1. The van der Waals surface area contributed by atoms with Gasteiger partial charge in [-0.2, -0.15) is 0 Å². The molecule has 28 heavy (non-hydrogen) atoms. The van der Waals surface area contributed by atoms with Gasteiger partial charge in [0.25, 0.3) is 5.91 Å². The molecule has 0 fully saturated rings. The molecule has 1 aromatic heterocycles. The fraction of sp³-hybridized carbons (Fsp3) is 0.182. The Morgan fingerprint density at radius 2 is 2.04 bits per heavy atom. The number of nitrogens with zero attached hydrogens (tertiary/aromatic N) is 2. The first-order valence-electron chi connectivity index (χ1n) is 8.98. The number of aromatic nitrogens is 1. The molecule has 0 saturated carbocycles. The number of halogens is 1. The summed E-state index contributed by atoms with van der Waals surface area (Å²) in [5.74, 6) is 0.360. The number of aryl methyl sites for hydroxylation is 1. The minimum Gasteiger partial charge on any atom is -0.504 e. The minimum absolute atomic E-state index is 0.0544. The van der Waals surface area contributed by atoms with Crippen LogP contribution in [-0.2, 0) is 6.54 Å². The number of phenols is 1. The normalized spacial score (nSPS) is 13.4. The molecule has 6 heteroatoms. The summed E-state index contributed by atoms with van der Waals surface area (Å²) in [6.45, 7) is 2.95. The number of aromatic hydroxyl groups is 1. The third-order valence-electron chi connectivity index (χ3n) is 4.72. The van der Waals surface area contributed by atoms with Gasteiger partial charge in [-0.1, -0.05) is 23.7 Å². The van der Waals surface area contributed by atoms with Gasteiger partial charge in [0.1, 0.15) is 6.61 Å². The molecule has 0 spiro atoms. The van der Waals surface area contributed by atoms with Gasteiger partial charge in [-0.05, 0) is 54.4 Å². The lowest BCUT2D eigenvalue weighted by atomic mass is 10.0. The average molecular weight is 395 g/mol. The van der Waals surface area contributed by atoms with Gasteiger partial charge in [-0.25, -0.2) is 0 Å². The molecule has 1 N–H and O–H groups in total. The lowest BCUT2D eigenvalue weighted by Gasteiger charge is -2.20. The lowest BCUT2D eigenvalue weighted by molar-refractivity contribution is 0.0732. The van der Waals surface area contributed by atoms with Gasteiger partial charge < -0.3 is 14.7 Å². The molecular weight excluding hydrogens is 376 g/mol. The monoisotopic (exact) mass is 394 g/mol. The summed E-state index contributed by atoms with van der Waals surface area (Å²) in [7, 11) is 0. The number of hydrogen-bond acceptors (Lipinski definition) is 4. The summed E-state index contributed by atoms with van der Waals surface area (Å²) in [4.78, 5) is 18.8. The molecule has 3 aromatic rings. The van der Waals surface area contributed by atoms with Crippen LogP contribution in [0.4, 0.5) is 0 Å². The molecule has 0 bridgehead atoms. The van der Waals surface area contributed by atoms with Gasteiger partial charge in [0.2, 0.25) is 0 Å². The quantitative estimate of drug-likeness (QED) is 0.697. The predicted octanol–water partition coefficient (Wildman–Crippen LogP) is 4.45. The van der Waals surface area contributed by atoms with Gasteiger partial charge in [0.05, 0.1) is 12.1 Å². The molecule has 5 nitrogen and oxygen atoms in total. The number of rotatable bonds is 2. The number of carbonyl (C=O) groups excluding carboxylic acids is 1. The molecule has 4 rings (SSSR count). The van der Waals surface area contributed by atoms with Crippen LogP contribution >= 0.6 is 11.6 Å². The van der Waals surface area contributed by atoms with Gasteiger partial charge in [0, 0.05) is 29.0 Å². The van der Waals surface area contributed by atoms with Crippen LogP contribution in [0.5, 0.6) is 11.5 Å². The zero-order chi connectivity index (χ0) is 19.7. The molecule has 1 amide bonds. The van der Waals surface area contributed by atoms with E-state index in [1.807, 2.05) is 37.3 Å². The summed E-state index contributed by atoms with van der Waals surface area (Å²) >= 11 is 6.10. The van der Waals surface area contributed by atoms with Crippen LogP contribution in [0.2, 0.25) is 5.02 Å². The third kappa shape index (κ3) is 3.66. The standard InChI is InChI=1S/C22H19ClN2O3/c1-14-5-6-16(12-24-14)22(27)25-7-8-28-21-18(13-25)9-17(11-20(21)26)15-3-2-4-19(23)10-15/h2-6,9-12,26H,7-8,13H2,1H3. The van der Waals surface area contributed by atoms with E-state index in [2.05, 4.69) is 4.98 Å². The van der Waals surface area contributed by atoms with Crippen molar-refractivity contribution in [1.29, 1.82) is 0 Å². The number of amides is 1. The second-order valence-corrected chi connectivity index (χ2v) is 7.19. The second-order valence-electron chi connectivity index (χ2n) is 6.76. The highest BCUT2D eigenvalue weighted by Gasteiger charge is 2.24. The van der Waals surface area contributed by atoms with Crippen molar-refractivity contribution in [3.8, 4) is 22.6 Å². The molecule has 2 aromatic carbocycles. The summed E-state index contributed by atoms with van der Waals surface area (Å²) in [6.07, 6.45) is 1.59. The van der Waals surface area contributed by atoms with E-state index in [1.54, 1.807) is 29.3 Å². The van der Waals surface area contributed by atoms with E-state index >= 15 is 0 Å². The molecule has 1 aliphatic heterocycles. The predicted molar refractivity (Wildman–Crippen MR) is 108 cm³/mol. The van der Waals surface area contributed by atoms with Crippen molar-refractivity contribution in [3.05, 3.63) is 76.6 Å². The van der Waals surface area contributed by atoms with Crippen molar-refractivity contribution in [2.45, 2.75) is 13.5 Å². The van der Waals surface area contributed by atoms with Crippen LogP contribution in [0.1, 0.15) is 21.6 Å². The molecule has 0 radical (unpaired) electrons. The zero-order valence-electron chi connectivity index (χ0n) is 15.4. The molecular formula is C22H19ClN2O3. The first-order chi connectivity index (χ1) is 13.5. The van der Waals surface area contributed by atoms with Crippen LogP contribution in [0, 0.1) is 6.92 Å². The van der Waals surface area contributed by atoms with Gasteiger partial charge in [-0.3, -0.25) is 9.78 Å². The van der Waals surface area contributed by atoms with Crippen LogP contribution in [0.15, 0.2) is 54.7 Å². The number of fused-ring (bicyclic) bond motifs is 1. The molecule has 142 valence electrons. The summed E-state index contributed by atoms with van der Waals surface area (Å²) < 4.78 is 5.74. The van der Waals surface area contributed by atoms with Crippen LogP contribution in [0.25, 0.3) is 11.1 Å². The van der Waals surface area contributed by atoms with Crippen molar-refractivity contribution in [2.75, 3.05) is 13.2 Å². The molecule has 0 atom stereocenters. The Labute approximate surface area is 168 Å². The topological polar surface area (TPSA) is 62.7 Å². The first kappa shape index (κ1) is 18.3. The fourth-order valence-corrected chi connectivity index (χ4v) is 3.47.